The summed E-state index contributed by atoms with van der Waals surface area (Å²) in [6.07, 6.45) is -0.550. The highest BCUT2D eigenvalue weighted by Gasteiger charge is 2.15. The summed E-state index contributed by atoms with van der Waals surface area (Å²) in [6.45, 7) is 8.01. The zero-order chi connectivity index (χ0) is 16.1. The number of benzene rings is 2. The predicted octanol–water partition coefficient (Wildman–Crippen LogP) is 4.52. The van der Waals surface area contributed by atoms with Crippen molar-refractivity contribution in [2.24, 2.45) is 0 Å². The Labute approximate surface area is 132 Å². The van der Waals surface area contributed by atoms with Crippen LogP contribution in [0.15, 0.2) is 48.5 Å². The number of carbonyl (C=O) groups excluding carboxylic acids is 1. The number of para-hydroxylation sites is 1. The Morgan fingerprint density at radius 2 is 1.64 bits per heavy atom. The molecule has 0 aromatic heterocycles. The van der Waals surface area contributed by atoms with Crippen LogP contribution < -0.4 is 10.1 Å². The van der Waals surface area contributed by atoms with Crippen molar-refractivity contribution >= 4 is 11.6 Å². The predicted molar refractivity (Wildman–Crippen MR) is 90.4 cm³/mol. The number of carbonyl (C=O) groups is 1. The average molecular weight is 297 g/mol. The molecular weight excluding hydrogens is 274 g/mol. The number of aryl methyl sites for hydroxylation is 1. The highest BCUT2D eigenvalue weighted by atomic mass is 16.5. The molecule has 3 heteroatoms. The van der Waals surface area contributed by atoms with Crippen LogP contribution in [0.5, 0.6) is 5.75 Å². The number of anilines is 1. The van der Waals surface area contributed by atoms with Gasteiger partial charge in [-0.15, -0.1) is 0 Å². The molecule has 2 aromatic carbocycles. The molecule has 0 aliphatic rings. The maximum absolute atomic E-state index is 12.2. The lowest BCUT2D eigenvalue weighted by molar-refractivity contribution is -0.122. The van der Waals surface area contributed by atoms with Crippen molar-refractivity contribution in [2.45, 2.75) is 39.7 Å². The molecule has 0 heterocycles. The topological polar surface area (TPSA) is 38.3 Å². The summed E-state index contributed by atoms with van der Waals surface area (Å²) in [5, 5.41) is 2.88. The number of amides is 1. The molecule has 116 valence electrons. The Morgan fingerprint density at radius 3 is 2.23 bits per heavy atom. The molecule has 0 saturated carbocycles. The zero-order valence-corrected chi connectivity index (χ0v) is 13.6. The summed E-state index contributed by atoms with van der Waals surface area (Å²) in [7, 11) is 0. The Morgan fingerprint density at radius 1 is 1.00 bits per heavy atom. The fourth-order valence-corrected chi connectivity index (χ4v) is 2.13. The van der Waals surface area contributed by atoms with E-state index in [4.69, 9.17) is 4.74 Å². The first kappa shape index (κ1) is 16.1. The van der Waals surface area contributed by atoms with Gasteiger partial charge in [0.15, 0.2) is 6.10 Å². The standard InChI is InChI=1S/C19H23NO2/c1-13(2)16-9-11-17(12-10-16)20-19(21)15(4)22-18-8-6-5-7-14(18)3/h5-13,15H,1-4H3,(H,20,21)/t15-/m1/s1. The van der Waals surface area contributed by atoms with E-state index < -0.39 is 6.10 Å². The largest absolute Gasteiger partial charge is 0.481 e. The summed E-state index contributed by atoms with van der Waals surface area (Å²) in [6, 6.07) is 15.6. The molecule has 1 N–H and O–H groups in total. The van der Waals surface area contributed by atoms with E-state index in [2.05, 4.69) is 19.2 Å². The molecule has 0 radical (unpaired) electrons. The smallest absolute Gasteiger partial charge is 0.265 e. The van der Waals surface area contributed by atoms with E-state index in [9.17, 15) is 4.79 Å². The normalized spacial score (nSPS) is 12.0. The molecule has 22 heavy (non-hydrogen) atoms. The van der Waals surface area contributed by atoms with Crippen LogP contribution in [0.25, 0.3) is 0 Å². The van der Waals surface area contributed by atoms with Gasteiger partial charge in [0, 0.05) is 5.69 Å². The third kappa shape index (κ3) is 4.10. The van der Waals surface area contributed by atoms with Gasteiger partial charge in [0.2, 0.25) is 0 Å². The molecule has 0 fully saturated rings. The minimum atomic E-state index is -0.550. The van der Waals surface area contributed by atoms with E-state index in [1.54, 1.807) is 6.92 Å². The fourth-order valence-electron chi connectivity index (χ4n) is 2.13. The summed E-state index contributed by atoms with van der Waals surface area (Å²) in [4.78, 5) is 12.2. The third-order valence-corrected chi connectivity index (χ3v) is 3.61. The summed E-state index contributed by atoms with van der Waals surface area (Å²) >= 11 is 0. The van der Waals surface area contributed by atoms with Gasteiger partial charge in [-0.1, -0.05) is 44.2 Å². The number of hydrogen-bond donors (Lipinski definition) is 1. The second-order valence-corrected chi connectivity index (χ2v) is 5.79. The molecule has 2 aromatic rings. The molecule has 1 amide bonds. The van der Waals surface area contributed by atoms with Crippen LogP contribution >= 0.6 is 0 Å². The molecule has 0 bridgehead atoms. The van der Waals surface area contributed by atoms with Crippen molar-refractivity contribution in [1.29, 1.82) is 0 Å². The van der Waals surface area contributed by atoms with Gasteiger partial charge < -0.3 is 10.1 Å². The van der Waals surface area contributed by atoms with E-state index >= 15 is 0 Å². The van der Waals surface area contributed by atoms with Gasteiger partial charge in [-0.2, -0.15) is 0 Å². The number of hydrogen-bond acceptors (Lipinski definition) is 2. The first-order chi connectivity index (χ1) is 10.5. The molecule has 0 aliphatic heterocycles. The van der Waals surface area contributed by atoms with Crippen LogP contribution in [-0.4, -0.2) is 12.0 Å². The van der Waals surface area contributed by atoms with Crippen molar-refractivity contribution in [1.82, 2.24) is 0 Å². The molecule has 0 spiro atoms. The average Bonchev–Trinajstić information content (AvgIpc) is 2.50. The van der Waals surface area contributed by atoms with Crippen molar-refractivity contribution in [3.05, 3.63) is 59.7 Å². The van der Waals surface area contributed by atoms with Crippen LogP contribution in [0, 0.1) is 6.92 Å². The monoisotopic (exact) mass is 297 g/mol. The lowest BCUT2D eigenvalue weighted by Crippen LogP contribution is -2.30. The Kier molecular flexibility index (Phi) is 5.21. The second-order valence-electron chi connectivity index (χ2n) is 5.79. The van der Waals surface area contributed by atoms with Gasteiger partial charge in [-0.3, -0.25) is 4.79 Å². The summed E-state index contributed by atoms with van der Waals surface area (Å²) < 4.78 is 5.73. The van der Waals surface area contributed by atoms with Gasteiger partial charge in [0.05, 0.1) is 0 Å². The fraction of sp³-hybridized carbons (Fsp3) is 0.316. The van der Waals surface area contributed by atoms with Crippen LogP contribution in [0.2, 0.25) is 0 Å². The van der Waals surface area contributed by atoms with Gasteiger partial charge in [0.25, 0.3) is 5.91 Å². The minimum Gasteiger partial charge on any atom is -0.481 e. The quantitative estimate of drug-likeness (QED) is 0.881. The van der Waals surface area contributed by atoms with E-state index in [1.807, 2.05) is 55.5 Å². The van der Waals surface area contributed by atoms with E-state index in [-0.39, 0.29) is 5.91 Å². The van der Waals surface area contributed by atoms with E-state index in [1.165, 1.54) is 5.56 Å². The Bertz CT molecular complexity index is 632. The van der Waals surface area contributed by atoms with Gasteiger partial charge in [0.1, 0.15) is 5.75 Å². The van der Waals surface area contributed by atoms with Crippen LogP contribution in [0.1, 0.15) is 37.8 Å². The molecule has 1 atom stereocenters. The highest BCUT2D eigenvalue weighted by Crippen LogP contribution is 2.19. The number of rotatable bonds is 5. The second kappa shape index (κ2) is 7.12. The molecule has 0 aliphatic carbocycles. The van der Waals surface area contributed by atoms with Gasteiger partial charge in [-0.25, -0.2) is 0 Å². The molecule has 0 saturated heterocycles. The minimum absolute atomic E-state index is 0.152. The van der Waals surface area contributed by atoms with Crippen LogP contribution in [0.4, 0.5) is 5.69 Å². The summed E-state index contributed by atoms with van der Waals surface area (Å²) in [5.74, 6) is 1.06. The summed E-state index contributed by atoms with van der Waals surface area (Å²) in [5.41, 5.74) is 3.06. The van der Waals surface area contributed by atoms with Crippen molar-refractivity contribution in [3.63, 3.8) is 0 Å². The van der Waals surface area contributed by atoms with Gasteiger partial charge >= 0.3 is 0 Å². The molecule has 2 rings (SSSR count). The van der Waals surface area contributed by atoms with Crippen LogP contribution in [0.3, 0.4) is 0 Å². The highest BCUT2D eigenvalue weighted by molar-refractivity contribution is 5.94. The van der Waals surface area contributed by atoms with Crippen molar-refractivity contribution < 1.29 is 9.53 Å². The molecule has 3 nitrogen and oxygen atoms in total. The zero-order valence-electron chi connectivity index (χ0n) is 13.6. The SMILES string of the molecule is Cc1ccccc1O[C@H](C)C(=O)Nc1ccc(C(C)C)cc1. The lowest BCUT2D eigenvalue weighted by Gasteiger charge is -2.16. The maximum Gasteiger partial charge on any atom is 0.265 e. The number of nitrogens with one attached hydrogen (secondary N) is 1. The Hall–Kier alpha value is -2.29. The first-order valence-electron chi connectivity index (χ1n) is 7.60. The maximum atomic E-state index is 12.2. The third-order valence-electron chi connectivity index (χ3n) is 3.61. The molecule has 0 unspecified atom stereocenters. The van der Waals surface area contributed by atoms with E-state index in [0.717, 1.165) is 17.0 Å². The van der Waals surface area contributed by atoms with Crippen molar-refractivity contribution in [2.75, 3.05) is 5.32 Å². The van der Waals surface area contributed by atoms with Crippen molar-refractivity contribution in [3.8, 4) is 5.75 Å². The lowest BCUT2D eigenvalue weighted by atomic mass is 10.0. The number of ether oxygens (including phenoxy) is 1. The first-order valence-corrected chi connectivity index (χ1v) is 7.60. The van der Waals surface area contributed by atoms with Crippen LogP contribution in [-0.2, 0) is 4.79 Å². The van der Waals surface area contributed by atoms with E-state index in [0.29, 0.717) is 5.92 Å². The Balaban J connectivity index is 1.98. The van der Waals surface area contributed by atoms with Gasteiger partial charge in [-0.05, 0) is 49.1 Å². The molecular formula is C19H23NO2.